The third-order valence-electron chi connectivity index (χ3n) is 3.56. The molecule has 0 radical (unpaired) electrons. The molecule has 0 aliphatic heterocycles. The number of benzene rings is 1. The summed E-state index contributed by atoms with van der Waals surface area (Å²) >= 11 is 1.20. The predicted molar refractivity (Wildman–Crippen MR) is 90.9 cm³/mol. The zero-order chi connectivity index (χ0) is 17.0. The van der Waals surface area contributed by atoms with E-state index in [4.69, 9.17) is 0 Å². The molecule has 1 aromatic heterocycles. The lowest BCUT2D eigenvalue weighted by Gasteiger charge is -2.12. The van der Waals surface area contributed by atoms with Crippen molar-refractivity contribution >= 4 is 17.7 Å². The van der Waals surface area contributed by atoms with E-state index < -0.39 is 0 Å². The largest absolute Gasteiger partial charge is 0.468 e. The van der Waals surface area contributed by atoms with Crippen LogP contribution >= 0.6 is 11.8 Å². The van der Waals surface area contributed by atoms with Crippen LogP contribution in [0.1, 0.15) is 22.4 Å². The molecule has 0 aliphatic rings. The number of rotatable bonds is 5. The summed E-state index contributed by atoms with van der Waals surface area (Å²) in [7, 11) is 3.01. The molecule has 0 N–H and O–H groups in total. The molecule has 0 fully saturated rings. The summed E-state index contributed by atoms with van der Waals surface area (Å²) in [4.78, 5) is 28.3. The fourth-order valence-corrected chi connectivity index (χ4v) is 3.11. The average molecular weight is 332 g/mol. The summed E-state index contributed by atoms with van der Waals surface area (Å²) in [6.07, 6.45) is 0.551. The number of methoxy groups -OCH3 is 1. The standard InChI is InChI=1S/C17H20N2O3S/c1-11-6-5-7-13(8-11)9-14-12(2)18-17(19(3)16(14)21)23-10-15(20)22-4/h5-8H,9-10H2,1-4H3. The minimum absolute atomic E-state index is 0.0774. The minimum Gasteiger partial charge on any atom is -0.468 e. The zero-order valence-corrected chi connectivity index (χ0v) is 14.6. The highest BCUT2D eigenvalue weighted by atomic mass is 32.2. The first-order valence-corrected chi connectivity index (χ1v) is 8.22. The summed E-state index contributed by atoms with van der Waals surface area (Å²) in [5, 5.41) is 0.519. The van der Waals surface area contributed by atoms with Crippen molar-refractivity contribution in [2.24, 2.45) is 7.05 Å². The third-order valence-corrected chi connectivity index (χ3v) is 4.56. The number of carbonyl (C=O) groups excluding carboxylic acids is 1. The van der Waals surface area contributed by atoms with E-state index in [9.17, 15) is 9.59 Å². The Balaban J connectivity index is 2.30. The fraction of sp³-hybridized carbons (Fsp3) is 0.353. The Labute approximate surface area is 139 Å². The molecule has 0 spiro atoms. The number of aryl methyl sites for hydroxylation is 2. The molecule has 5 nitrogen and oxygen atoms in total. The van der Waals surface area contributed by atoms with Crippen LogP contribution in [0, 0.1) is 13.8 Å². The van der Waals surface area contributed by atoms with E-state index in [0.29, 0.717) is 22.8 Å². The van der Waals surface area contributed by atoms with Gasteiger partial charge in [0.15, 0.2) is 5.16 Å². The summed E-state index contributed by atoms with van der Waals surface area (Å²) in [5.74, 6) is -0.210. The van der Waals surface area contributed by atoms with Crippen LogP contribution in [0.3, 0.4) is 0 Å². The van der Waals surface area contributed by atoms with Gasteiger partial charge in [0.05, 0.1) is 12.9 Å². The SMILES string of the molecule is COC(=O)CSc1nc(C)c(Cc2cccc(C)c2)c(=O)n1C. The number of thioether (sulfide) groups is 1. The van der Waals surface area contributed by atoms with E-state index in [-0.39, 0.29) is 17.3 Å². The first kappa shape index (κ1) is 17.3. The molecule has 2 rings (SSSR count). The molecule has 0 saturated heterocycles. The number of esters is 1. The first-order valence-electron chi connectivity index (χ1n) is 7.24. The average Bonchev–Trinajstić information content (AvgIpc) is 2.53. The van der Waals surface area contributed by atoms with Gasteiger partial charge in [-0.25, -0.2) is 4.98 Å². The van der Waals surface area contributed by atoms with Crippen molar-refractivity contribution in [3.05, 3.63) is 57.0 Å². The van der Waals surface area contributed by atoms with E-state index in [0.717, 1.165) is 11.1 Å². The smallest absolute Gasteiger partial charge is 0.316 e. The van der Waals surface area contributed by atoms with Crippen molar-refractivity contribution in [2.45, 2.75) is 25.4 Å². The Morgan fingerprint density at radius 1 is 1.35 bits per heavy atom. The summed E-state index contributed by atoms with van der Waals surface area (Å²) in [5.41, 5.74) is 3.55. The molecular formula is C17H20N2O3S. The van der Waals surface area contributed by atoms with Crippen LogP contribution in [0.15, 0.2) is 34.2 Å². The van der Waals surface area contributed by atoms with Crippen molar-refractivity contribution in [3.8, 4) is 0 Å². The van der Waals surface area contributed by atoms with Crippen LogP contribution in [0.4, 0.5) is 0 Å². The molecule has 0 bridgehead atoms. The highest BCUT2D eigenvalue weighted by Crippen LogP contribution is 2.17. The molecule has 0 atom stereocenters. The van der Waals surface area contributed by atoms with E-state index in [2.05, 4.69) is 15.8 Å². The number of ether oxygens (including phenoxy) is 1. The van der Waals surface area contributed by atoms with Crippen molar-refractivity contribution in [1.29, 1.82) is 0 Å². The van der Waals surface area contributed by atoms with Crippen LogP contribution in [0.25, 0.3) is 0 Å². The number of hydrogen-bond donors (Lipinski definition) is 0. The second-order valence-corrected chi connectivity index (χ2v) is 6.30. The molecule has 122 valence electrons. The Bertz CT molecular complexity index is 784. The van der Waals surface area contributed by atoms with Gasteiger partial charge >= 0.3 is 5.97 Å². The van der Waals surface area contributed by atoms with E-state index in [1.165, 1.54) is 23.4 Å². The molecule has 23 heavy (non-hydrogen) atoms. The van der Waals surface area contributed by atoms with Gasteiger partial charge in [0.25, 0.3) is 5.56 Å². The van der Waals surface area contributed by atoms with Gasteiger partial charge < -0.3 is 4.74 Å². The van der Waals surface area contributed by atoms with Gasteiger partial charge in [-0.1, -0.05) is 41.6 Å². The number of hydrogen-bond acceptors (Lipinski definition) is 5. The molecular weight excluding hydrogens is 312 g/mol. The van der Waals surface area contributed by atoms with Gasteiger partial charge in [-0.2, -0.15) is 0 Å². The normalized spacial score (nSPS) is 10.6. The molecule has 0 unspecified atom stereocenters. The lowest BCUT2D eigenvalue weighted by Crippen LogP contribution is -2.26. The topological polar surface area (TPSA) is 61.2 Å². The highest BCUT2D eigenvalue weighted by Gasteiger charge is 2.14. The maximum atomic E-state index is 12.6. The minimum atomic E-state index is -0.342. The molecule has 1 aromatic carbocycles. The van der Waals surface area contributed by atoms with Crippen LogP contribution in [0.5, 0.6) is 0 Å². The molecule has 0 amide bonds. The maximum Gasteiger partial charge on any atom is 0.316 e. The van der Waals surface area contributed by atoms with Gasteiger partial charge in [0.1, 0.15) is 0 Å². The predicted octanol–water partition coefficient (Wildman–Crippen LogP) is 2.25. The second kappa shape index (κ2) is 7.46. The van der Waals surface area contributed by atoms with Crippen LogP contribution in [-0.4, -0.2) is 28.4 Å². The number of carbonyl (C=O) groups is 1. The highest BCUT2D eigenvalue weighted by molar-refractivity contribution is 7.99. The molecule has 1 heterocycles. The van der Waals surface area contributed by atoms with E-state index in [1.54, 1.807) is 7.05 Å². The van der Waals surface area contributed by atoms with Gasteiger partial charge in [-0.05, 0) is 19.4 Å². The summed E-state index contributed by atoms with van der Waals surface area (Å²) in [6.45, 7) is 3.86. The third kappa shape index (κ3) is 4.22. The molecule has 0 aliphatic carbocycles. The Hall–Kier alpha value is -2.08. The lowest BCUT2D eigenvalue weighted by molar-refractivity contribution is -0.137. The first-order chi connectivity index (χ1) is 10.9. The monoisotopic (exact) mass is 332 g/mol. The fourth-order valence-electron chi connectivity index (χ4n) is 2.27. The quantitative estimate of drug-likeness (QED) is 0.477. The Morgan fingerprint density at radius 2 is 2.09 bits per heavy atom. The molecule has 2 aromatic rings. The van der Waals surface area contributed by atoms with Crippen molar-refractivity contribution < 1.29 is 9.53 Å². The zero-order valence-electron chi connectivity index (χ0n) is 13.8. The maximum absolute atomic E-state index is 12.6. The van der Waals surface area contributed by atoms with E-state index >= 15 is 0 Å². The van der Waals surface area contributed by atoms with Gasteiger partial charge in [0, 0.05) is 24.7 Å². The van der Waals surface area contributed by atoms with Crippen LogP contribution < -0.4 is 5.56 Å². The van der Waals surface area contributed by atoms with Gasteiger partial charge in [-0.15, -0.1) is 0 Å². The summed E-state index contributed by atoms with van der Waals surface area (Å²) < 4.78 is 6.10. The second-order valence-electron chi connectivity index (χ2n) is 5.35. The van der Waals surface area contributed by atoms with Crippen LogP contribution in [-0.2, 0) is 23.0 Å². The van der Waals surface area contributed by atoms with Gasteiger partial charge in [-0.3, -0.25) is 14.2 Å². The Kier molecular flexibility index (Phi) is 5.60. The van der Waals surface area contributed by atoms with Crippen molar-refractivity contribution in [2.75, 3.05) is 12.9 Å². The lowest BCUT2D eigenvalue weighted by atomic mass is 10.0. The van der Waals surface area contributed by atoms with Crippen molar-refractivity contribution in [1.82, 2.24) is 9.55 Å². The van der Waals surface area contributed by atoms with Gasteiger partial charge in [0.2, 0.25) is 0 Å². The van der Waals surface area contributed by atoms with E-state index in [1.807, 2.05) is 32.0 Å². The van der Waals surface area contributed by atoms with Crippen LogP contribution in [0.2, 0.25) is 0 Å². The molecule has 0 saturated carbocycles. The number of aromatic nitrogens is 2. The number of nitrogens with zero attached hydrogens (tertiary/aromatic N) is 2. The Morgan fingerprint density at radius 3 is 2.74 bits per heavy atom. The molecule has 6 heteroatoms. The van der Waals surface area contributed by atoms with Crippen molar-refractivity contribution in [3.63, 3.8) is 0 Å². The summed E-state index contributed by atoms with van der Waals surface area (Å²) in [6, 6.07) is 8.09.